The maximum atomic E-state index is 13.6. The number of aliphatic carboxylic acids is 1. The number of hydrogen-bond donors (Lipinski definition) is 3. The lowest BCUT2D eigenvalue weighted by Crippen LogP contribution is -2.37. The number of nitrogens with zero attached hydrogens (tertiary/aromatic N) is 1. The van der Waals surface area contributed by atoms with Crippen LogP contribution in [-0.2, 0) is 4.79 Å². The topological polar surface area (TPSA) is 138 Å². The first kappa shape index (κ1) is 29.9. The van der Waals surface area contributed by atoms with E-state index in [1.165, 1.54) is 19.2 Å². The van der Waals surface area contributed by atoms with Crippen LogP contribution in [-0.4, -0.2) is 42.1 Å². The summed E-state index contributed by atoms with van der Waals surface area (Å²) in [5.41, 5.74) is 1.20. The SMILES string of the molecule is COc1cc(C#N)c(OC2CCC(C)(C(=O)O)CC2)cc1C(=O)Nc1cc(C)ccc1C(=O)NC1CCC(C)CC1. The molecule has 0 bridgehead atoms. The number of methoxy groups -OCH3 is 1. The van der Waals surface area contributed by atoms with E-state index in [1.54, 1.807) is 19.1 Å². The van der Waals surface area contributed by atoms with Crippen LogP contribution < -0.4 is 20.1 Å². The highest BCUT2D eigenvalue weighted by Gasteiger charge is 2.38. The first-order valence-corrected chi connectivity index (χ1v) is 14.3. The summed E-state index contributed by atoms with van der Waals surface area (Å²) in [5.74, 6) is -0.475. The fourth-order valence-electron chi connectivity index (χ4n) is 5.65. The second-order valence-corrected chi connectivity index (χ2v) is 11.8. The van der Waals surface area contributed by atoms with Crippen LogP contribution in [0, 0.1) is 29.6 Å². The first-order valence-electron chi connectivity index (χ1n) is 14.3. The molecule has 2 aromatic rings. The number of carbonyl (C=O) groups excluding carboxylic acids is 2. The number of nitrogens with one attached hydrogen (secondary N) is 2. The van der Waals surface area contributed by atoms with Gasteiger partial charge in [-0.05, 0) is 94.9 Å². The van der Waals surface area contributed by atoms with Gasteiger partial charge in [0.2, 0.25) is 0 Å². The molecule has 2 amide bonds. The molecule has 2 fully saturated rings. The second-order valence-electron chi connectivity index (χ2n) is 11.8. The van der Waals surface area contributed by atoms with E-state index in [2.05, 4.69) is 23.6 Å². The third-order valence-corrected chi connectivity index (χ3v) is 8.53. The molecule has 41 heavy (non-hydrogen) atoms. The average molecular weight is 562 g/mol. The van der Waals surface area contributed by atoms with Crippen LogP contribution in [0.15, 0.2) is 30.3 Å². The van der Waals surface area contributed by atoms with Crippen molar-refractivity contribution >= 4 is 23.5 Å². The fraction of sp³-hybridized carbons (Fsp3) is 0.500. The van der Waals surface area contributed by atoms with Crippen LogP contribution in [0.25, 0.3) is 0 Å². The summed E-state index contributed by atoms with van der Waals surface area (Å²) in [6, 6.07) is 10.5. The van der Waals surface area contributed by atoms with Crippen LogP contribution in [0.1, 0.15) is 97.1 Å². The van der Waals surface area contributed by atoms with E-state index in [0.29, 0.717) is 42.9 Å². The average Bonchev–Trinajstić information content (AvgIpc) is 2.95. The summed E-state index contributed by atoms with van der Waals surface area (Å²) >= 11 is 0. The number of carboxylic acids is 1. The van der Waals surface area contributed by atoms with Gasteiger partial charge in [-0.3, -0.25) is 14.4 Å². The van der Waals surface area contributed by atoms with Crippen LogP contribution >= 0.6 is 0 Å². The molecule has 2 saturated carbocycles. The quantitative estimate of drug-likeness (QED) is 0.368. The van der Waals surface area contributed by atoms with Gasteiger partial charge in [0.05, 0.1) is 41.0 Å². The molecule has 218 valence electrons. The van der Waals surface area contributed by atoms with Crippen LogP contribution in [0.3, 0.4) is 0 Å². The van der Waals surface area contributed by atoms with Crippen molar-refractivity contribution in [1.82, 2.24) is 5.32 Å². The van der Waals surface area contributed by atoms with Gasteiger partial charge in [0.25, 0.3) is 11.8 Å². The zero-order valence-corrected chi connectivity index (χ0v) is 24.2. The Morgan fingerprint density at radius 2 is 1.66 bits per heavy atom. The minimum Gasteiger partial charge on any atom is -0.496 e. The van der Waals surface area contributed by atoms with Crippen molar-refractivity contribution < 1.29 is 29.0 Å². The molecule has 0 spiro atoms. The molecule has 0 heterocycles. The molecule has 4 rings (SSSR count). The maximum absolute atomic E-state index is 13.6. The standard InChI is InChI=1S/C32H39N3O6/c1-19-5-8-22(9-6-19)34-29(36)24-10-7-20(2)15-26(24)35-30(37)25-17-27(21(18-33)16-28(25)40-4)41-23-11-13-32(3,14-12-23)31(38)39/h7,10,15-17,19,22-23H,5-6,8-9,11-14H2,1-4H3,(H,34,36)(H,35,37)(H,38,39). The molecule has 2 aromatic carbocycles. The number of carboxylic acid groups (broad SMARTS) is 1. The van der Waals surface area contributed by atoms with Crippen molar-refractivity contribution in [3.63, 3.8) is 0 Å². The Kier molecular flexibility index (Phi) is 9.21. The molecule has 9 nitrogen and oxygen atoms in total. The number of aryl methyl sites for hydroxylation is 1. The molecular formula is C32H39N3O6. The molecule has 2 aliphatic carbocycles. The van der Waals surface area contributed by atoms with Gasteiger partial charge in [0, 0.05) is 12.1 Å². The van der Waals surface area contributed by atoms with Gasteiger partial charge in [0.1, 0.15) is 17.6 Å². The number of rotatable bonds is 8. The number of hydrogen-bond acceptors (Lipinski definition) is 6. The van der Waals surface area contributed by atoms with Gasteiger partial charge >= 0.3 is 5.97 Å². The number of carbonyl (C=O) groups is 3. The predicted octanol–water partition coefficient (Wildman–Crippen LogP) is 5.85. The molecule has 0 aliphatic heterocycles. The van der Waals surface area contributed by atoms with Crippen molar-refractivity contribution in [2.24, 2.45) is 11.3 Å². The third-order valence-electron chi connectivity index (χ3n) is 8.53. The van der Waals surface area contributed by atoms with Crippen molar-refractivity contribution in [3.05, 3.63) is 52.6 Å². The summed E-state index contributed by atoms with van der Waals surface area (Å²) in [5, 5.41) is 25.3. The Morgan fingerprint density at radius 1 is 0.976 bits per heavy atom. The Bertz CT molecular complexity index is 1350. The highest BCUT2D eigenvalue weighted by atomic mass is 16.5. The lowest BCUT2D eigenvalue weighted by molar-refractivity contribution is -0.150. The van der Waals surface area contributed by atoms with Crippen molar-refractivity contribution in [2.75, 3.05) is 12.4 Å². The number of anilines is 1. The number of amides is 2. The zero-order chi connectivity index (χ0) is 29.7. The number of nitriles is 1. The van der Waals surface area contributed by atoms with Gasteiger partial charge in [-0.2, -0.15) is 5.26 Å². The lowest BCUT2D eigenvalue weighted by atomic mass is 9.75. The maximum Gasteiger partial charge on any atom is 0.309 e. The monoisotopic (exact) mass is 561 g/mol. The van der Waals surface area contributed by atoms with Crippen molar-refractivity contribution in [1.29, 1.82) is 5.26 Å². The predicted molar refractivity (Wildman–Crippen MR) is 154 cm³/mol. The van der Waals surface area contributed by atoms with Gasteiger partial charge in [0.15, 0.2) is 0 Å². The molecule has 0 unspecified atom stereocenters. The van der Waals surface area contributed by atoms with Crippen LogP contribution in [0.5, 0.6) is 11.5 Å². The molecule has 0 atom stereocenters. The largest absolute Gasteiger partial charge is 0.496 e. The van der Waals surface area contributed by atoms with E-state index in [0.717, 1.165) is 31.2 Å². The normalized spacial score (nSPS) is 24.0. The Labute approximate surface area is 241 Å². The van der Waals surface area contributed by atoms with Gasteiger partial charge in [-0.15, -0.1) is 0 Å². The second kappa shape index (κ2) is 12.6. The summed E-state index contributed by atoms with van der Waals surface area (Å²) in [4.78, 5) is 38.4. The summed E-state index contributed by atoms with van der Waals surface area (Å²) in [6.07, 6.45) is 5.67. The summed E-state index contributed by atoms with van der Waals surface area (Å²) < 4.78 is 11.6. The first-order chi connectivity index (χ1) is 19.5. The number of ether oxygens (including phenoxy) is 2. The van der Waals surface area contributed by atoms with Gasteiger partial charge in [-0.25, -0.2) is 0 Å². The zero-order valence-electron chi connectivity index (χ0n) is 24.2. The Balaban J connectivity index is 1.55. The molecule has 9 heteroatoms. The molecule has 2 aliphatic rings. The highest BCUT2D eigenvalue weighted by molar-refractivity contribution is 6.10. The molecule has 0 saturated heterocycles. The Morgan fingerprint density at radius 3 is 2.27 bits per heavy atom. The van der Waals surface area contributed by atoms with Crippen LogP contribution in [0.4, 0.5) is 5.69 Å². The van der Waals surface area contributed by atoms with Gasteiger partial charge in [-0.1, -0.05) is 13.0 Å². The Hall–Kier alpha value is -4.06. The number of benzene rings is 2. The molecule has 0 aromatic heterocycles. The molecule has 3 N–H and O–H groups in total. The van der Waals surface area contributed by atoms with E-state index in [9.17, 15) is 24.8 Å². The fourth-order valence-corrected chi connectivity index (χ4v) is 5.65. The summed E-state index contributed by atoms with van der Waals surface area (Å²) in [6.45, 7) is 5.84. The molecule has 0 radical (unpaired) electrons. The van der Waals surface area contributed by atoms with Crippen LogP contribution in [0.2, 0.25) is 0 Å². The smallest absolute Gasteiger partial charge is 0.309 e. The van der Waals surface area contributed by atoms with Crippen molar-refractivity contribution in [3.8, 4) is 17.6 Å². The third kappa shape index (κ3) is 6.99. The van der Waals surface area contributed by atoms with E-state index in [-0.39, 0.29) is 40.7 Å². The van der Waals surface area contributed by atoms with E-state index in [4.69, 9.17) is 9.47 Å². The highest BCUT2D eigenvalue weighted by Crippen LogP contribution is 2.39. The van der Waals surface area contributed by atoms with Gasteiger partial charge < -0.3 is 25.2 Å². The van der Waals surface area contributed by atoms with E-state index < -0.39 is 17.3 Å². The van der Waals surface area contributed by atoms with E-state index in [1.807, 2.05) is 13.0 Å². The molecular weight excluding hydrogens is 522 g/mol. The van der Waals surface area contributed by atoms with Crippen molar-refractivity contribution in [2.45, 2.75) is 84.3 Å². The minimum atomic E-state index is -0.824. The van der Waals surface area contributed by atoms with E-state index >= 15 is 0 Å². The summed E-state index contributed by atoms with van der Waals surface area (Å²) in [7, 11) is 1.41. The minimum absolute atomic E-state index is 0.107. The lowest BCUT2D eigenvalue weighted by Gasteiger charge is -2.34.